The summed E-state index contributed by atoms with van der Waals surface area (Å²) in [4.78, 5) is 0. The highest BCUT2D eigenvalue weighted by Gasteiger charge is 1.61. The molecule has 1 radical (unpaired) electrons. The first kappa shape index (κ1) is 4.80. The van der Waals surface area contributed by atoms with E-state index in [0.29, 0.717) is 0 Å². The Morgan fingerprint density at radius 2 is 2.40 bits per heavy atom. The van der Waals surface area contributed by atoms with Crippen LogP contribution in [0, 0.1) is 0 Å². The van der Waals surface area contributed by atoms with Gasteiger partial charge in [0.25, 0.3) is 0 Å². The first-order valence-electron chi connectivity index (χ1n) is 0.962. The van der Waals surface area contributed by atoms with Gasteiger partial charge in [0.05, 0.1) is 0 Å². The van der Waals surface area contributed by atoms with Crippen LogP contribution in [-0.4, -0.2) is 5.21 Å². The number of nitrogens with two attached hydrogens (primary N) is 1. The maximum absolute atomic E-state index is 7.44. The van der Waals surface area contributed by atoms with Crippen molar-refractivity contribution in [3.05, 3.63) is 0 Å². The number of hydrogen-bond acceptors (Lipinski definition) is 4. The molecule has 0 aliphatic rings. The minimum atomic E-state index is 1.82. The van der Waals surface area contributed by atoms with E-state index in [1.54, 1.807) is 0 Å². The molecular formula is H5N4O. The minimum Gasteiger partial charge on any atom is -0.281 e. The van der Waals surface area contributed by atoms with Crippen LogP contribution in [0.1, 0.15) is 0 Å². The van der Waals surface area contributed by atoms with Gasteiger partial charge < -0.3 is 0 Å². The third kappa shape index (κ3) is 3.80. The summed E-state index contributed by atoms with van der Waals surface area (Å²) in [5, 5.41) is 7.44. The third-order valence-corrected chi connectivity index (χ3v) is 0.115. The van der Waals surface area contributed by atoms with Crippen molar-refractivity contribution in [2.45, 2.75) is 0 Å². The summed E-state index contributed by atoms with van der Waals surface area (Å²) in [5.41, 5.74) is 6.04. The second-order valence-electron chi connectivity index (χ2n) is 0.356. The standard InChI is InChI=1S/H5N4O/c1-2-3-4-5/h2-3,5H,1H2. The fraction of sp³-hybridized carbons (Fsp3) is 0. The Kier molecular flexibility index (Phi) is 3.65. The molecule has 0 saturated carbocycles. The molecule has 5 heavy (non-hydrogen) atoms. The molecule has 0 rings (SSSR count). The monoisotopic (exact) mass is 77.0 g/mol. The molecule has 31 valence electrons. The van der Waals surface area contributed by atoms with E-state index in [0.717, 1.165) is 0 Å². The third-order valence-electron chi connectivity index (χ3n) is 0.115. The number of hydrazine groups is 2. The van der Waals surface area contributed by atoms with Gasteiger partial charge in [-0.3, -0.25) is 11.0 Å². The van der Waals surface area contributed by atoms with Crippen LogP contribution in [0.3, 0.4) is 0 Å². The Bertz CT molecular complexity index is 11.1. The smallest absolute Gasteiger partial charge is 0.00441 e. The van der Waals surface area contributed by atoms with E-state index in [2.05, 4.69) is 11.4 Å². The highest BCUT2D eigenvalue weighted by Crippen LogP contribution is 1.13. The summed E-state index contributed by atoms with van der Waals surface area (Å²) in [6, 6.07) is 0. The molecule has 0 aromatic rings. The number of nitrogens with one attached hydrogen (secondary N) is 2. The molecule has 5 nitrogen and oxygen atoms in total. The van der Waals surface area contributed by atoms with Crippen LogP contribution >= 0.6 is 0 Å². The second-order valence-corrected chi connectivity index (χ2v) is 0.356. The van der Waals surface area contributed by atoms with Crippen molar-refractivity contribution in [1.29, 1.82) is 0 Å². The van der Waals surface area contributed by atoms with E-state index in [4.69, 9.17) is 5.21 Å². The molecule has 0 amide bonds. The normalized spacial score (nSPS) is 8.40. The van der Waals surface area contributed by atoms with Crippen molar-refractivity contribution in [3.63, 3.8) is 0 Å². The summed E-state index contributed by atoms with van der Waals surface area (Å²) in [7, 11) is 0. The maximum Gasteiger partial charge on any atom is 0.00441 e. The summed E-state index contributed by atoms with van der Waals surface area (Å²) >= 11 is 0. The van der Waals surface area contributed by atoms with Crippen LogP contribution in [0.25, 0.3) is 0 Å². The average molecular weight is 77.1 g/mol. The van der Waals surface area contributed by atoms with Crippen molar-refractivity contribution in [1.82, 2.24) is 16.7 Å². The van der Waals surface area contributed by atoms with Crippen molar-refractivity contribution in [3.8, 4) is 0 Å². The van der Waals surface area contributed by atoms with Crippen molar-refractivity contribution in [2.24, 2.45) is 5.84 Å². The Hall–Kier alpha value is -0.200. The Morgan fingerprint density at radius 3 is 2.40 bits per heavy atom. The van der Waals surface area contributed by atoms with Gasteiger partial charge in [-0.25, -0.2) is 0 Å². The number of hydrogen-bond donors (Lipinski definition) is 4. The molecule has 0 atom stereocenters. The largest absolute Gasteiger partial charge is 0.281 e. The molecule has 0 bridgehead atoms. The summed E-state index contributed by atoms with van der Waals surface area (Å²) in [6.45, 7) is 0. The highest BCUT2D eigenvalue weighted by atomic mass is 16.5. The van der Waals surface area contributed by atoms with E-state index in [-0.39, 0.29) is 0 Å². The SMILES string of the molecule is NNN[N]O. The van der Waals surface area contributed by atoms with E-state index in [1.165, 1.54) is 0 Å². The molecule has 0 heterocycles. The van der Waals surface area contributed by atoms with Crippen LogP contribution in [0.5, 0.6) is 0 Å². The maximum atomic E-state index is 7.44. The lowest BCUT2D eigenvalue weighted by atomic mass is 12.3. The molecule has 0 aromatic carbocycles. The zero-order chi connectivity index (χ0) is 4.12. The Morgan fingerprint density at radius 1 is 1.80 bits per heavy atom. The summed E-state index contributed by atoms with van der Waals surface area (Å²) in [6.07, 6.45) is 0. The minimum absolute atomic E-state index is 1.82. The van der Waals surface area contributed by atoms with Crippen molar-refractivity contribution >= 4 is 0 Å². The van der Waals surface area contributed by atoms with Crippen LogP contribution in [0.4, 0.5) is 0 Å². The molecule has 0 saturated heterocycles. The summed E-state index contributed by atoms with van der Waals surface area (Å²) in [5.74, 6) is 4.52. The molecule has 0 aliphatic carbocycles. The van der Waals surface area contributed by atoms with Gasteiger partial charge in [0, 0.05) is 5.59 Å². The zero-order valence-electron chi connectivity index (χ0n) is 2.47. The molecule has 0 fully saturated rings. The Labute approximate surface area is 29.0 Å². The lowest BCUT2D eigenvalue weighted by Crippen LogP contribution is -2.41. The molecule has 5 N–H and O–H groups in total. The summed E-state index contributed by atoms with van der Waals surface area (Å²) < 4.78 is 0. The van der Waals surface area contributed by atoms with Crippen LogP contribution < -0.4 is 22.5 Å². The van der Waals surface area contributed by atoms with Gasteiger partial charge in [0.1, 0.15) is 0 Å². The molecule has 0 aliphatic heterocycles. The molecule has 0 unspecified atom stereocenters. The number of nitrogens with zero attached hydrogens (tertiary/aromatic N) is 1. The lowest BCUT2D eigenvalue weighted by Gasteiger charge is -1.87. The van der Waals surface area contributed by atoms with Gasteiger partial charge in [-0.1, -0.05) is 0 Å². The second kappa shape index (κ2) is 3.80. The molecule has 5 heteroatoms. The molecule has 0 aromatic heterocycles. The van der Waals surface area contributed by atoms with Gasteiger partial charge >= 0.3 is 0 Å². The molecular weight excluding hydrogens is 72.0 g/mol. The van der Waals surface area contributed by atoms with E-state index < -0.39 is 0 Å². The fourth-order valence-electron chi connectivity index (χ4n) is 0.0289. The number of rotatable bonds is 2. The Balaban J connectivity index is 2.19. The van der Waals surface area contributed by atoms with Crippen molar-refractivity contribution in [2.75, 3.05) is 0 Å². The van der Waals surface area contributed by atoms with Gasteiger partial charge in [-0.2, -0.15) is 5.53 Å². The highest BCUT2D eigenvalue weighted by molar-refractivity contribution is 3.85. The first-order valence-corrected chi connectivity index (χ1v) is 0.962. The van der Waals surface area contributed by atoms with Crippen LogP contribution in [0.15, 0.2) is 0 Å². The van der Waals surface area contributed by atoms with Gasteiger partial charge in [0.2, 0.25) is 0 Å². The van der Waals surface area contributed by atoms with Crippen LogP contribution in [0.2, 0.25) is 0 Å². The van der Waals surface area contributed by atoms with E-state index in [1.807, 2.05) is 11.1 Å². The van der Waals surface area contributed by atoms with Crippen molar-refractivity contribution < 1.29 is 5.21 Å². The van der Waals surface area contributed by atoms with Gasteiger partial charge in [-0.05, 0) is 0 Å². The average Bonchev–Trinajstić information content (AvgIpc) is 1.41. The quantitative estimate of drug-likeness (QED) is 0.224. The first-order chi connectivity index (χ1) is 2.41. The zero-order valence-corrected chi connectivity index (χ0v) is 2.47. The molecule has 0 spiro atoms. The predicted molar refractivity (Wildman–Crippen MR) is 14.4 cm³/mol. The van der Waals surface area contributed by atoms with Crippen LogP contribution in [-0.2, 0) is 0 Å². The van der Waals surface area contributed by atoms with Gasteiger partial charge in [-0.15, -0.1) is 5.53 Å². The van der Waals surface area contributed by atoms with E-state index in [9.17, 15) is 0 Å². The van der Waals surface area contributed by atoms with Gasteiger partial charge in [0.15, 0.2) is 0 Å². The van der Waals surface area contributed by atoms with E-state index >= 15 is 0 Å². The lowest BCUT2D eigenvalue weighted by molar-refractivity contribution is 0.0904. The predicted octanol–water partition coefficient (Wildman–Crippen LogP) is -2.14. The fourth-order valence-corrected chi connectivity index (χ4v) is 0.0289. The topological polar surface area (TPSA) is 84.4 Å².